The van der Waals surface area contributed by atoms with E-state index in [0.717, 1.165) is 11.0 Å². The smallest absolute Gasteiger partial charge is 0.112 e. The molecule has 5 heteroatoms. The molecule has 1 aromatic carbocycles. The first kappa shape index (κ1) is 10.0. The van der Waals surface area contributed by atoms with E-state index in [-0.39, 0.29) is 15.4 Å². The van der Waals surface area contributed by atoms with Crippen LogP contribution in [0.15, 0.2) is 24.3 Å². The molecule has 0 aliphatic carbocycles. The molecule has 0 amide bonds. The van der Waals surface area contributed by atoms with E-state index >= 15 is 0 Å². The lowest BCUT2D eigenvalue weighted by Crippen LogP contribution is -1.63. The van der Waals surface area contributed by atoms with E-state index in [4.69, 9.17) is 0 Å². The number of nitrogens with one attached hydrogen (secondary N) is 1. The molecule has 0 saturated heterocycles. The van der Waals surface area contributed by atoms with Crippen LogP contribution >= 0.6 is 9.90 Å². The molecule has 2 rings (SSSR count). The highest BCUT2D eigenvalue weighted by molar-refractivity contribution is 6.92. The van der Waals surface area contributed by atoms with Crippen LogP contribution < -0.4 is 0 Å². The van der Waals surface area contributed by atoms with E-state index in [1.165, 1.54) is 0 Å². The number of benzene rings is 1. The van der Waals surface area contributed by atoms with E-state index in [1.54, 1.807) is 0 Å². The maximum atomic E-state index is 3.81. The zero-order chi connectivity index (χ0) is 6.10. The SMILES string of the molecule is O.P.c1ccc2[nH]nnc2c1. The molecule has 3 N–H and O–H groups in total. The lowest BCUT2D eigenvalue weighted by atomic mass is 10.3. The first-order valence-electron chi connectivity index (χ1n) is 2.72. The Bertz CT molecular complexity index is 292. The van der Waals surface area contributed by atoms with Crippen molar-refractivity contribution in [3.8, 4) is 0 Å². The Kier molecular flexibility index (Phi) is 3.65. The Labute approximate surface area is 66.9 Å². The first-order chi connectivity index (χ1) is 4.47. The summed E-state index contributed by atoms with van der Waals surface area (Å²) in [5.41, 5.74) is 1.90. The second kappa shape index (κ2) is 4.01. The summed E-state index contributed by atoms with van der Waals surface area (Å²) in [6, 6.07) is 7.74. The highest BCUT2D eigenvalue weighted by Gasteiger charge is 1.90. The largest absolute Gasteiger partial charge is 0.412 e. The summed E-state index contributed by atoms with van der Waals surface area (Å²) in [5, 5.41) is 10.2. The quantitative estimate of drug-likeness (QED) is 0.574. The van der Waals surface area contributed by atoms with E-state index in [2.05, 4.69) is 15.4 Å². The van der Waals surface area contributed by atoms with Gasteiger partial charge in [-0.15, -0.1) is 5.10 Å². The molecule has 4 nitrogen and oxygen atoms in total. The topological polar surface area (TPSA) is 73.1 Å². The highest BCUT2D eigenvalue weighted by Crippen LogP contribution is 2.03. The fourth-order valence-electron chi connectivity index (χ4n) is 0.788. The maximum Gasteiger partial charge on any atom is 0.112 e. The third-order valence-electron chi connectivity index (χ3n) is 1.23. The highest BCUT2D eigenvalue weighted by atomic mass is 31.0. The number of hydrogen-bond donors (Lipinski definition) is 1. The lowest BCUT2D eigenvalue weighted by Gasteiger charge is -1.79. The maximum absolute atomic E-state index is 3.81. The van der Waals surface area contributed by atoms with Crippen LogP contribution in [0.4, 0.5) is 0 Å². The summed E-state index contributed by atoms with van der Waals surface area (Å²) < 4.78 is 0. The fraction of sp³-hybridized carbons (Fsp3) is 0. The van der Waals surface area contributed by atoms with Crippen molar-refractivity contribution < 1.29 is 5.48 Å². The van der Waals surface area contributed by atoms with Crippen molar-refractivity contribution in [3.05, 3.63) is 24.3 Å². The van der Waals surface area contributed by atoms with Gasteiger partial charge in [-0.25, -0.2) is 0 Å². The Hall–Kier alpha value is -0.990. The van der Waals surface area contributed by atoms with Crippen molar-refractivity contribution in [2.24, 2.45) is 0 Å². The van der Waals surface area contributed by atoms with Crippen molar-refractivity contribution in [1.82, 2.24) is 15.4 Å². The van der Waals surface area contributed by atoms with Crippen LogP contribution in [0.2, 0.25) is 0 Å². The van der Waals surface area contributed by atoms with Gasteiger partial charge in [0, 0.05) is 0 Å². The molecular weight excluding hydrogens is 161 g/mol. The van der Waals surface area contributed by atoms with Gasteiger partial charge in [0.05, 0.1) is 5.52 Å². The van der Waals surface area contributed by atoms with Crippen molar-refractivity contribution in [2.45, 2.75) is 0 Å². The Morgan fingerprint density at radius 3 is 2.64 bits per heavy atom. The third-order valence-corrected chi connectivity index (χ3v) is 1.23. The summed E-state index contributed by atoms with van der Waals surface area (Å²) in [5.74, 6) is 0. The van der Waals surface area contributed by atoms with Gasteiger partial charge in [-0.05, 0) is 12.1 Å². The Morgan fingerprint density at radius 1 is 1.18 bits per heavy atom. The number of aromatic nitrogens is 3. The molecule has 0 spiro atoms. The summed E-state index contributed by atoms with van der Waals surface area (Å²) in [7, 11) is 0. The van der Waals surface area contributed by atoms with Crippen LogP contribution in [-0.2, 0) is 0 Å². The van der Waals surface area contributed by atoms with E-state index in [9.17, 15) is 0 Å². The number of hydrogen-bond acceptors (Lipinski definition) is 2. The van der Waals surface area contributed by atoms with Gasteiger partial charge in [0.2, 0.25) is 0 Å². The zero-order valence-electron chi connectivity index (χ0n) is 5.91. The second-order valence-corrected chi connectivity index (χ2v) is 1.83. The predicted octanol–water partition coefficient (Wildman–Crippen LogP) is 0.191. The third kappa shape index (κ3) is 1.73. The number of rotatable bonds is 0. The van der Waals surface area contributed by atoms with Gasteiger partial charge >= 0.3 is 0 Å². The number of H-pyrrole nitrogens is 1. The average Bonchev–Trinajstić information content (AvgIpc) is 2.33. The van der Waals surface area contributed by atoms with Gasteiger partial charge in [-0.3, -0.25) is 5.10 Å². The molecule has 1 heterocycles. The molecular formula is C6H10N3OP. The van der Waals surface area contributed by atoms with E-state index in [0.29, 0.717) is 0 Å². The molecule has 11 heavy (non-hydrogen) atoms. The number of fused-ring (bicyclic) bond motifs is 1. The van der Waals surface area contributed by atoms with Gasteiger partial charge in [-0.2, -0.15) is 9.90 Å². The van der Waals surface area contributed by atoms with Crippen LogP contribution in [0, 0.1) is 0 Å². The van der Waals surface area contributed by atoms with Gasteiger partial charge < -0.3 is 5.48 Å². The number of aromatic amines is 1. The van der Waals surface area contributed by atoms with Crippen molar-refractivity contribution >= 4 is 20.9 Å². The molecule has 60 valence electrons. The average molecular weight is 171 g/mol. The van der Waals surface area contributed by atoms with Crippen LogP contribution in [0.1, 0.15) is 0 Å². The van der Waals surface area contributed by atoms with E-state index in [1.807, 2.05) is 24.3 Å². The summed E-state index contributed by atoms with van der Waals surface area (Å²) in [6.45, 7) is 0. The molecule has 0 saturated carbocycles. The van der Waals surface area contributed by atoms with E-state index < -0.39 is 0 Å². The molecule has 0 radical (unpaired) electrons. The van der Waals surface area contributed by atoms with Gasteiger partial charge in [-0.1, -0.05) is 17.3 Å². The van der Waals surface area contributed by atoms with Crippen LogP contribution in [-0.4, -0.2) is 20.9 Å². The Morgan fingerprint density at radius 2 is 1.91 bits per heavy atom. The molecule has 1 aromatic heterocycles. The van der Waals surface area contributed by atoms with Gasteiger partial charge in [0.25, 0.3) is 0 Å². The molecule has 1 unspecified atom stereocenters. The Balaban J connectivity index is 0.000000500. The minimum Gasteiger partial charge on any atom is -0.412 e. The summed E-state index contributed by atoms with van der Waals surface area (Å²) in [6.07, 6.45) is 0. The number of para-hydroxylation sites is 1. The molecule has 0 fully saturated rings. The van der Waals surface area contributed by atoms with Crippen LogP contribution in [0.25, 0.3) is 11.0 Å². The van der Waals surface area contributed by atoms with Crippen molar-refractivity contribution in [2.75, 3.05) is 0 Å². The molecule has 0 aliphatic rings. The summed E-state index contributed by atoms with van der Waals surface area (Å²) >= 11 is 0. The minimum absolute atomic E-state index is 0. The van der Waals surface area contributed by atoms with Crippen LogP contribution in [0.5, 0.6) is 0 Å². The monoisotopic (exact) mass is 171 g/mol. The number of nitrogens with zero attached hydrogens (tertiary/aromatic N) is 2. The predicted molar refractivity (Wildman–Crippen MR) is 48.6 cm³/mol. The second-order valence-electron chi connectivity index (χ2n) is 1.83. The van der Waals surface area contributed by atoms with Gasteiger partial charge in [0.1, 0.15) is 5.52 Å². The van der Waals surface area contributed by atoms with Crippen molar-refractivity contribution in [1.29, 1.82) is 0 Å². The van der Waals surface area contributed by atoms with Crippen molar-refractivity contribution in [3.63, 3.8) is 0 Å². The molecule has 0 aliphatic heterocycles. The molecule has 0 bridgehead atoms. The fourth-order valence-corrected chi connectivity index (χ4v) is 0.788. The normalized spacial score (nSPS) is 8.36. The minimum atomic E-state index is 0. The summed E-state index contributed by atoms with van der Waals surface area (Å²) in [4.78, 5) is 0. The molecule has 1 atom stereocenters. The van der Waals surface area contributed by atoms with Crippen LogP contribution in [0.3, 0.4) is 0 Å². The first-order valence-corrected chi connectivity index (χ1v) is 2.72. The standard InChI is InChI=1S/C6H5N3.H2O.H3P/c1-2-4-6-5(3-1)7-9-8-6;;/h1-4H,(H,7,8,9);1H2;1H3. The van der Waals surface area contributed by atoms with Gasteiger partial charge in [0.15, 0.2) is 0 Å². The lowest BCUT2D eigenvalue weighted by molar-refractivity contribution is 0.824. The zero-order valence-corrected chi connectivity index (χ0v) is 7.33. The molecule has 2 aromatic rings.